The molecule has 2 heterocycles. The molecule has 0 spiro atoms. The Balaban J connectivity index is 1.83. The number of hydrogen-bond acceptors (Lipinski definition) is 3. The summed E-state index contributed by atoms with van der Waals surface area (Å²) in [5, 5.41) is 10.1. The Kier molecular flexibility index (Phi) is 3.31. The zero-order valence-corrected chi connectivity index (χ0v) is 12.6. The van der Waals surface area contributed by atoms with Crippen LogP contribution in [0.15, 0.2) is 73.3 Å². The number of hydrogen-bond donors (Lipinski definition) is 1. The Bertz CT molecular complexity index is 1020. The number of carboxylic acids is 1. The van der Waals surface area contributed by atoms with Crippen molar-refractivity contribution in [3.8, 4) is 16.9 Å². The van der Waals surface area contributed by atoms with Crippen molar-refractivity contribution in [1.82, 2.24) is 14.5 Å². The molecule has 5 heteroatoms. The van der Waals surface area contributed by atoms with Crippen molar-refractivity contribution in [2.75, 3.05) is 0 Å². The third kappa shape index (κ3) is 2.42. The van der Waals surface area contributed by atoms with Crippen LogP contribution in [0.2, 0.25) is 0 Å². The Morgan fingerprint density at radius 1 is 1.04 bits per heavy atom. The minimum Gasteiger partial charge on any atom is -0.478 e. The van der Waals surface area contributed by atoms with Crippen LogP contribution in [0.5, 0.6) is 0 Å². The van der Waals surface area contributed by atoms with E-state index < -0.39 is 5.97 Å². The molecule has 2 aromatic heterocycles. The topological polar surface area (TPSA) is 68.0 Å². The van der Waals surface area contributed by atoms with E-state index in [1.807, 2.05) is 53.2 Å². The van der Waals surface area contributed by atoms with Crippen LogP contribution in [0.25, 0.3) is 27.8 Å². The van der Waals surface area contributed by atoms with Crippen LogP contribution in [0.3, 0.4) is 0 Å². The molecule has 0 unspecified atom stereocenters. The van der Waals surface area contributed by atoms with Crippen molar-refractivity contribution in [3.05, 3.63) is 78.9 Å². The first-order valence-electron chi connectivity index (χ1n) is 7.44. The summed E-state index contributed by atoms with van der Waals surface area (Å²) in [5.41, 5.74) is 3.42. The molecule has 0 atom stereocenters. The molecule has 0 saturated carbocycles. The largest absolute Gasteiger partial charge is 0.478 e. The second-order valence-electron chi connectivity index (χ2n) is 5.39. The van der Waals surface area contributed by atoms with E-state index in [4.69, 9.17) is 0 Å². The number of para-hydroxylation sites is 1. The molecular formula is C19H13N3O2. The van der Waals surface area contributed by atoms with E-state index >= 15 is 0 Å². The second-order valence-corrected chi connectivity index (χ2v) is 5.39. The van der Waals surface area contributed by atoms with Gasteiger partial charge in [-0.3, -0.25) is 0 Å². The van der Waals surface area contributed by atoms with Gasteiger partial charge in [0.15, 0.2) is 0 Å². The molecule has 0 bridgehead atoms. The van der Waals surface area contributed by atoms with E-state index in [1.165, 1.54) is 0 Å². The van der Waals surface area contributed by atoms with E-state index in [2.05, 4.69) is 9.97 Å². The van der Waals surface area contributed by atoms with E-state index in [1.54, 1.807) is 24.7 Å². The number of carbonyl (C=O) groups is 1. The first-order chi connectivity index (χ1) is 11.7. The average Bonchev–Trinajstić information content (AvgIpc) is 3.15. The number of rotatable bonds is 3. The van der Waals surface area contributed by atoms with Gasteiger partial charge in [0.1, 0.15) is 0 Å². The molecule has 0 aliphatic rings. The Hall–Kier alpha value is -3.47. The zero-order valence-electron chi connectivity index (χ0n) is 12.6. The van der Waals surface area contributed by atoms with Crippen LogP contribution in [-0.2, 0) is 0 Å². The van der Waals surface area contributed by atoms with Crippen molar-refractivity contribution in [1.29, 1.82) is 0 Å². The standard InChI is InChI=1S/C19H13N3O2/c23-19(24)16-11-18(21-17-4-2-1-3-15(16)17)13-5-7-14(8-6-13)22-10-9-20-12-22/h1-12H,(H,23,24). The minimum absolute atomic E-state index is 0.259. The summed E-state index contributed by atoms with van der Waals surface area (Å²) in [6.07, 6.45) is 5.32. The molecule has 0 radical (unpaired) electrons. The van der Waals surface area contributed by atoms with Gasteiger partial charge in [-0.2, -0.15) is 0 Å². The number of aromatic carboxylic acids is 1. The predicted molar refractivity (Wildman–Crippen MR) is 91.3 cm³/mol. The van der Waals surface area contributed by atoms with Gasteiger partial charge in [0.2, 0.25) is 0 Å². The molecular weight excluding hydrogens is 302 g/mol. The summed E-state index contributed by atoms with van der Waals surface area (Å²) < 4.78 is 1.90. The third-order valence-corrected chi connectivity index (χ3v) is 3.91. The number of benzene rings is 2. The lowest BCUT2D eigenvalue weighted by atomic mass is 10.0. The maximum atomic E-state index is 11.6. The summed E-state index contributed by atoms with van der Waals surface area (Å²) in [7, 11) is 0. The van der Waals surface area contributed by atoms with E-state index in [9.17, 15) is 9.90 Å². The fourth-order valence-corrected chi connectivity index (χ4v) is 2.72. The number of fused-ring (bicyclic) bond motifs is 1. The van der Waals surface area contributed by atoms with Gasteiger partial charge in [-0.15, -0.1) is 0 Å². The van der Waals surface area contributed by atoms with Crippen LogP contribution in [-0.4, -0.2) is 25.6 Å². The first-order valence-corrected chi connectivity index (χ1v) is 7.44. The van der Waals surface area contributed by atoms with E-state index in [0.717, 1.165) is 11.3 Å². The highest BCUT2D eigenvalue weighted by molar-refractivity contribution is 6.03. The van der Waals surface area contributed by atoms with Gasteiger partial charge >= 0.3 is 5.97 Å². The van der Waals surface area contributed by atoms with Crippen molar-refractivity contribution in [2.24, 2.45) is 0 Å². The van der Waals surface area contributed by atoms with Crippen LogP contribution in [0.1, 0.15) is 10.4 Å². The summed E-state index contributed by atoms with van der Waals surface area (Å²) in [5.74, 6) is -0.954. The maximum absolute atomic E-state index is 11.6. The van der Waals surface area contributed by atoms with Crippen molar-refractivity contribution in [2.45, 2.75) is 0 Å². The lowest BCUT2D eigenvalue weighted by Crippen LogP contribution is -2.00. The van der Waals surface area contributed by atoms with Gasteiger partial charge in [0.05, 0.1) is 23.1 Å². The predicted octanol–water partition coefficient (Wildman–Crippen LogP) is 3.79. The Morgan fingerprint density at radius 2 is 1.83 bits per heavy atom. The number of nitrogens with zero attached hydrogens (tertiary/aromatic N) is 3. The highest BCUT2D eigenvalue weighted by Crippen LogP contribution is 2.25. The maximum Gasteiger partial charge on any atom is 0.336 e. The second kappa shape index (κ2) is 5.62. The monoisotopic (exact) mass is 315 g/mol. The number of pyridine rings is 1. The summed E-state index contributed by atoms with van der Waals surface area (Å²) in [6, 6.07) is 16.7. The smallest absolute Gasteiger partial charge is 0.336 e. The fourth-order valence-electron chi connectivity index (χ4n) is 2.72. The fraction of sp³-hybridized carbons (Fsp3) is 0. The van der Waals surface area contributed by atoms with E-state index in [-0.39, 0.29) is 5.56 Å². The molecule has 0 saturated heterocycles. The van der Waals surface area contributed by atoms with Crippen LogP contribution in [0, 0.1) is 0 Å². The third-order valence-electron chi connectivity index (χ3n) is 3.91. The Morgan fingerprint density at radius 3 is 2.54 bits per heavy atom. The SMILES string of the molecule is O=C(O)c1cc(-c2ccc(-n3ccnc3)cc2)nc2ccccc12. The quantitative estimate of drug-likeness (QED) is 0.624. The minimum atomic E-state index is -0.954. The van der Waals surface area contributed by atoms with Gasteiger partial charge in [-0.1, -0.05) is 30.3 Å². The normalized spacial score (nSPS) is 10.8. The highest BCUT2D eigenvalue weighted by atomic mass is 16.4. The molecule has 0 amide bonds. The summed E-state index contributed by atoms with van der Waals surface area (Å²) >= 11 is 0. The highest BCUT2D eigenvalue weighted by Gasteiger charge is 2.12. The lowest BCUT2D eigenvalue weighted by molar-refractivity contribution is 0.0699. The van der Waals surface area contributed by atoms with Gasteiger partial charge < -0.3 is 9.67 Å². The molecule has 2 aromatic carbocycles. The van der Waals surface area contributed by atoms with Gasteiger partial charge in [0, 0.05) is 29.0 Å². The number of imidazole rings is 1. The van der Waals surface area contributed by atoms with Crippen molar-refractivity contribution >= 4 is 16.9 Å². The molecule has 4 aromatic rings. The molecule has 5 nitrogen and oxygen atoms in total. The molecule has 0 aliphatic heterocycles. The van der Waals surface area contributed by atoms with Crippen LogP contribution >= 0.6 is 0 Å². The van der Waals surface area contributed by atoms with Crippen LogP contribution < -0.4 is 0 Å². The van der Waals surface area contributed by atoms with Crippen LogP contribution in [0.4, 0.5) is 0 Å². The molecule has 0 fully saturated rings. The molecule has 1 N–H and O–H groups in total. The average molecular weight is 315 g/mol. The van der Waals surface area contributed by atoms with Gasteiger partial charge in [0.25, 0.3) is 0 Å². The zero-order chi connectivity index (χ0) is 16.5. The van der Waals surface area contributed by atoms with Crippen molar-refractivity contribution in [3.63, 3.8) is 0 Å². The lowest BCUT2D eigenvalue weighted by Gasteiger charge is -2.08. The van der Waals surface area contributed by atoms with Crippen molar-refractivity contribution < 1.29 is 9.90 Å². The number of aromatic nitrogens is 3. The summed E-state index contributed by atoms with van der Waals surface area (Å²) in [6.45, 7) is 0. The molecule has 24 heavy (non-hydrogen) atoms. The first kappa shape index (κ1) is 14.1. The van der Waals surface area contributed by atoms with Gasteiger partial charge in [-0.05, 0) is 24.3 Å². The summed E-state index contributed by atoms with van der Waals surface area (Å²) in [4.78, 5) is 20.2. The number of carboxylic acid groups (broad SMARTS) is 1. The van der Waals surface area contributed by atoms with E-state index in [0.29, 0.717) is 16.6 Å². The molecule has 4 rings (SSSR count). The molecule has 0 aliphatic carbocycles. The molecule has 116 valence electrons. The Labute approximate surface area is 137 Å². The van der Waals surface area contributed by atoms with Gasteiger partial charge in [-0.25, -0.2) is 14.8 Å².